The molecule has 16 heavy (non-hydrogen) atoms. The summed E-state index contributed by atoms with van der Waals surface area (Å²) in [6.45, 7) is 8.72. The minimum Gasteiger partial charge on any atom is -0.303 e. The molecule has 2 rings (SSSR count). The summed E-state index contributed by atoms with van der Waals surface area (Å²) in [5.74, 6) is 2.65. The van der Waals surface area contributed by atoms with Gasteiger partial charge in [-0.25, -0.2) is 0 Å². The SMILES string of the molecule is CC1CC(C)CN(CC2CCCC(Cl)C2)C1. The quantitative estimate of drug-likeness (QED) is 0.668. The number of alkyl halides is 1. The Hall–Kier alpha value is 0.250. The highest BCUT2D eigenvalue weighted by Crippen LogP contribution is 2.30. The van der Waals surface area contributed by atoms with Crippen LogP contribution in [-0.4, -0.2) is 29.9 Å². The summed E-state index contributed by atoms with van der Waals surface area (Å²) >= 11 is 6.27. The van der Waals surface area contributed by atoms with Crippen LogP contribution in [0.5, 0.6) is 0 Å². The molecule has 4 atom stereocenters. The molecule has 0 bridgehead atoms. The zero-order chi connectivity index (χ0) is 11.5. The minimum absolute atomic E-state index is 0.457. The Kier molecular flexibility index (Phi) is 4.55. The Bertz CT molecular complexity index is 209. The van der Waals surface area contributed by atoms with Crippen LogP contribution in [0.1, 0.15) is 46.0 Å². The number of likely N-dealkylation sites (tertiary alicyclic amines) is 1. The molecule has 2 aliphatic rings. The fourth-order valence-electron chi connectivity index (χ4n) is 3.70. The fourth-order valence-corrected chi connectivity index (χ4v) is 4.10. The van der Waals surface area contributed by atoms with Crippen molar-refractivity contribution in [1.29, 1.82) is 0 Å². The summed E-state index contributed by atoms with van der Waals surface area (Å²) in [6, 6.07) is 0. The van der Waals surface area contributed by atoms with E-state index in [1.54, 1.807) is 0 Å². The molecule has 0 amide bonds. The molecule has 2 heteroatoms. The zero-order valence-corrected chi connectivity index (χ0v) is 11.5. The lowest BCUT2D eigenvalue weighted by molar-refractivity contribution is 0.112. The third-order valence-corrected chi connectivity index (χ3v) is 4.58. The molecule has 0 aromatic carbocycles. The molecule has 1 aliphatic heterocycles. The lowest BCUT2D eigenvalue weighted by Gasteiger charge is -2.38. The molecule has 0 aromatic rings. The van der Waals surface area contributed by atoms with Crippen molar-refractivity contribution in [1.82, 2.24) is 4.90 Å². The highest BCUT2D eigenvalue weighted by molar-refractivity contribution is 6.20. The van der Waals surface area contributed by atoms with Crippen LogP contribution in [0.2, 0.25) is 0 Å². The van der Waals surface area contributed by atoms with Gasteiger partial charge in [0, 0.05) is 25.0 Å². The van der Waals surface area contributed by atoms with Gasteiger partial charge >= 0.3 is 0 Å². The van der Waals surface area contributed by atoms with Gasteiger partial charge in [0.25, 0.3) is 0 Å². The molecule has 1 saturated carbocycles. The van der Waals surface area contributed by atoms with Crippen LogP contribution in [0.15, 0.2) is 0 Å². The predicted octanol–water partition coefficient (Wildman–Crippen LogP) is 3.76. The molecule has 1 saturated heterocycles. The summed E-state index contributed by atoms with van der Waals surface area (Å²) in [7, 11) is 0. The maximum absolute atomic E-state index is 6.27. The molecule has 0 N–H and O–H groups in total. The van der Waals surface area contributed by atoms with E-state index in [4.69, 9.17) is 11.6 Å². The minimum atomic E-state index is 0.457. The van der Waals surface area contributed by atoms with Gasteiger partial charge in [0.1, 0.15) is 0 Å². The van der Waals surface area contributed by atoms with E-state index in [1.807, 2.05) is 0 Å². The fraction of sp³-hybridized carbons (Fsp3) is 1.00. The maximum atomic E-state index is 6.27. The van der Waals surface area contributed by atoms with E-state index in [0.29, 0.717) is 5.38 Å². The molecular weight excluding hydrogens is 218 g/mol. The van der Waals surface area contributed by atoms with Gasteiger partial charge in [0.2, 0.25) is 0 Å². The number of halogens is 1. The Morgan fingerprint density at radius 2 is 1.75 bits per heavy atom. The van der Waals surface area contributed by atoms with Crippen molar-refractivity contribution in [3.8, 4) is 0 Å². The van der Waals surface area contributed by atoms with Crippen molar-refractivity contribution in [3.05, 3.63) is 0 Å². The number of piperidine rings is 1. The number of hydrogen-bond donors (Lipinski definition) is 0. The first-order chi connectivity index (χ1) is 7.63. The van der Waals surface area contributed by atoms with Crippen LogP contribution < -0.4 is 0 Å². The van der Waals surface area contributed by atoms with Gasteiger partial charge in [-0.2, -0.15) is 0 Å². The maximum Gasteiger partial charge on any atom is 0.0339 e. The van der Waals surface area contributed by atoms with Crippen LogP contribution in [0.4, 0.5) is 0 Å². The van der Waals surface area contributed by atoms with Gasteiger partial charge in [-0.15, -0.1) is 11.6 Å². The summed E-state index contributed by atoms with van der Waals surface area (Å²) < 4.78 is 0. The normalized spacial score (nSPS) is 42.2. The molecule has 1 heterocycles. The standard InChI is InChI=1S/C14H26ClN/c1-11-6-12(2)9-16(8-11)10-13-4-3-5-14(15)7-13/h11-14H,3-10H2,1-2H3. The van der Waals surface area contributed by atoms with Gasteiger partial charge in [0.15, 0.2) is 0 Å². The topological polar surface area (TPSA) is 3.24 Å². The zero-order valence-electron chi connectivity index (χ0n) is 10.8. The predicted molar refractivity (Wildman–Crippen MR) is 71.0 cm³/mol. The largest absolute Gasteiger partial charge is 0.303 e. The Morgan fingerprint density at radius 3 is 2.38 bits per heavy atom. The highest BCUT2D eigenvalue weighted by Gasteiger charge is 2.26. The van der Waals surface area contributed by atoms with Crippen LogP contribution in [0, 0.1) is 17.8 Å². The van der Waals surface area contributed by atoms with E-state index < -0.39 is 0 Å². The smallest absolute Gasteiger partial charge is 0.0339 e. The van der Waals surface area contributed by atoms with Crippen LogP contribution >= 0.6 is 11.6 Å². The number of hydrogen-bond acceptors (Lipinski definition) is 1. The second-order valence-electron chi connectivity index (χ2n) is 6.29. The first-order valence-electron chi connectivity index (χ1n) is 7.00. The lowest BCUT2D eigenvalue weighted by Crippen LogP contribution is -2.42. The molecule has 1 aliphatic carbocycles. The van der Waals surface area contributed by atoms with Crippen molar-refractivity contribution >= 4 is 11.6 Å². The molecule has 94 valence electrons. The van der Waals surface area contributed by atoms with Gasteiger partial charge in [0.05, 0.1) is 0 Å². The third kappa shape index (κ3) is 3.63. The molecule has 2 fully saturated rings. The summed E-state index contributed by atoms with van der Waals surface area (Å²) in [5.41, 5.74) is 0. The number of rotatable bonds is 2. The summed E-state index contributed by atoms with van der Waals surface area (Å²) in [5, 5.41) is 0.457. The number of nitrogens with zero attached hydrogens (tertiary/aromatic N) is 1. The second kappa shape index (κ2) is 5.73. The third-order valence-electron chi connectivity index (χ3n) is 4.18. The molecule has 1 nitrogen and oxygen atoms in total. The molecular formula is C14H26ClN. The van der Waals surface area contributed by atoms with Gasteiger partial charge in [-0.05, 0) is 43.4 Å². The van der Waals surface area contributed by atoms with E-state index in [1.165, 1.54) is 51.7 Å². The Balaban J connectivity index is 1.79. The van der Waals surface area contributed by atoms with Crippen molar-refractivity contribution in [2.45, 2.75) is 51.3 Å². The summed E-state index contributed by atoms with van der Waals surface area (Å²) in [4.78, 5) is 2.69. The van der Waals surface area contributed by atoms with Crippen molar-refractivity contribution in [3.63, 3.8) is 0 Å². The first-order valence-corrected chi connectivity index (χ1v) is 7.43. The van der Waals surface area contributed by atoms with E-state index in [9.17, 15) is 0 Å². The molecule has 4 unspecified atom stereocenters. The van der Waals surface area contributed by atoms with Gasteiger partial charge in [-0.1, -0.05) is 20.3 Å². The van der Waals surface area contributed by atoms with E-state index in [-0.39, 0.29) is 0 Å². The van der Waals surface area contributed by atoms with Crippen LogP contribution in [-0.2, 0) is 0 Å². The molecule has 0 radical (unpaired) electrons. The van der Waals surface area contributed by atoms with Crippen LogP contribution in [0.25, 0.3) is 0 Å². The van der Waals surface area contributed by atoms with Gasteiger partial charge in [-0.3, -0.25) is 0 Å². The first kappa shape index (κ1) is 12.7. The van der Waals surface area contributed by atoms with Gasteiger partial charge < -0.3 is 4.90 Å². The van der Waals surface area contributed by atoms with Crippen molar-refractivity contribution < 1.29 is 0 Å². The monoisotopic (exact) mass is 243 g/mol. The second-order valence-corrected chi connectivity index (χ2v) is 6.91. The van der Waals surface area contributed by atoms with E-state index in [0.717, 1.165) is 17.8 Å². The average molecular weight is 244 g/mol. The van der Waals surface area contributed by atoms with Crippen molar-refractivity contribution in [2.75, 3.05) is 19.6 Å². The van der Waals surface area contributed by atoms with E-state index in [2.05, 4.69) is 18.7 Å². The van der Waals surface area contributed by atoms with Crippen LogP contribution in [0.3, 0.4) is 0 Å². The Morgan fingerprint density at radius 1 is 1.06 bits per heavy atom. The van der Waals surface area contributed by atoms with E-state index >= 15 is 0 Å². The van der Waals surface area contributed by atoms with Crippen molar-refractivity contribution in [2.24, 2.45) is 17.8 Å². The molecule has 0 spiro atoms. The average Bonchev–Trinajstić information content (AvgIpc) is 2.15. The molecule has 0 aromatic heterocycles. The lowest BCUT2D eigenvalue weighted by atomic mass is 9.86. The highest BCUT2D eigenvalue weighted by atomic mass is 35.5. The summed E-state index contributed by atoms with van der Waals surface area (Å²) in [6.07, 6.45) is 6.66. The Labute approximate surface area is 106 Å².